The molecule has 0 aliphatic heterocycles. The fourth-order valence-corrected chi connectivity index (χ4v) is 4.14. The minimum absolute atomic E-state index is 0.183. The maximum atomic E-state index is 12.6. The number of rotatable bonds is 2. The minimum atomic E-state index is -3.76. The second kappa shape index (κ2) is 6.61. The molecule has 0 saturated heterocycles. The Kier molecular flexibility index (Phi) is 5.21. The van der Waals surface area contributed by atoms with Gasteiger partial charge in [0.2, 0.25) is 0 Å². The van der Waals surface area contributed by atoms with E-state index in [2.05, 4.69) is 14.4 Å². The molecule has 0 bridgehead atoms. The van der Waals surface area contributed by atoms with E-state index in [0.717, 1.165) is 10.2 Å². The van der Waals surface area contributed by atoms with Crippen molar-refractivity contribution >= 4 is 21.4 Å². The average molecular weight is 380 g/mol. The van der Waals surface area contributed by atoms with Crippen molar-refractivity contribution in [1.29, 1.82) is 0 Å². The first-order valence-electron chi connectivity index (χ1n) is 8.07. The number of hydrogen-bond acceptors (Lipinski definition) is 5. The summed E-state index contributed by atoms with van der Waals surface area (Å²) >= 11 is 1.26. The van der Waals surface area contributed by atoms with E-state index < -0.39 is 10.0 Å². The minimum Gasteiger partial charge on any atom is -0.273 e. The molecule has 0 aliphatic rings. The summed E-state index contributed by atoms with van der Waals surface area (Å²) in [6, 6.07) is 6.67. The van der Waals surface area contributed by atoms with Gasteiger partial charge in [-0.2, -0.15) is 8.42 Å². The SMILES string of the molecule is Cc1ccc(S(=O)(=O)N=c2sc(=NC(C)(C)C)c2=NC(C)(C)C)cc1. The summed E-state index contributed by atoms with van der Waals surface area (Å²) < 4.78 is 30.2. The number of hydrogen-bond donors (Lipinski definition) is 0. The molecule has 2 aromatic rings. The zero-order valence-electron chi connectivity index (χ0n) is 15.8. The highest BCUT2D eigenvalue weighted by Crippen LogP contribution is 2.12. The van der Waals surface area contributed by atoms with Crippen molar-refractivity contribution < 1.29 is 8.42 Å². The lowest BCUT2D eigenvalue weighted by atomic mass is 10.1. The van der Waals surface area contributed by atoms with E-state index >= 15 is 0 Å². The monoisotopic (exact) mass is 379 g/mol. The molecule has 0 aliphatic carbocycles. The van der Waals surface area contributed by atoms with Gasteiger partial charge < -0.3 is 0 Å². The average Bonchev–Trinajstić information content (AvgIpc) is 2.42. The number of benzene rings is 1. The van der Waals surface area contributed by atoms with Crippen molar-refractivity contribution in [2.45, 2.75) is 64.4 Å². The van der Waals surface area contributed by atoms with Gasteiger partial charge in [-0.15, -0.1) is 4.40 Å². The number of aryl methyl sites for hydroxylation is 1. The first-order valence-corrected chi connectivity index (χ1v) is 10.3. The van der Waals surface area contributed by atoms with Crippen molar-refractivity contribution in [2.75, 3.05) is 0 Å². The van der Waals surface area contributed by atoms with Crippen LogP contribution < -0.4 is 14.7 Å². The van der Waals surface area contributed by atoms with Crippen LogP contribution in [0.15, 0.2) is 43.5 Å². The van der Waals surface area contributed by atoms with Crippen LogP contribution in [0.3, 0.4) is 0 Å². The largest absolute Gasteiger partial charge is 0.283 e. The van der Waals surface area contributed by atoms with Crippen LogP contribution >= 0.6 is 11.3 Å². The Balaban J connectivity index is 2.66. The molecule has 1 aromatic heterocycles. The van der Waals surface area contributed by atoms with Gasteiger partial charge in [-0.3, -0.25) is 9.98 Å². The highest BCUT2D eigenvalue weighted by Gasteiger charge is 2.17. The van der Waals surface area contributed by atoms with E-state index in [1.165, 1.54) is 11.3 Å². The summed E-state index contributed by atoms with van der Waals surface area (Å²) in [7, 11) is -3.76. The molecule has 0 fully saturated rings. The Morgan fingerprint density at radius 3 is 1.84 bits per heavy atom. The number of sulfonamides is 1. The van der Waals surface area contributed by atoms with E-state index in [0.29, 0.717) is 10.0 Å². The van der Waals surface area contributed by atoms with Crippen LogP contribution in [-0.4, -0.2) is 19.5 Å². The molecular formula is C18H25N3O2S2. The molecule has 0 amide bonds. The smallest absolute Gasteiger partial charge is 0.273 e. The summed E-state index contributed by atoms with van der Waals surface area (Å²) in [4.78, 5) is 9.42. The van der Waals surface area contributed by atoms with Crippen LogP contribution in [0.5, 0.6) is 0 Å². The quantitative estimate of drug-likeness (QED) is 0.805. The third-order valence-electron chi connectivity index (χ3n) is 3.00. The summed E-state index contributed by atoms with van der Waals surface area (Å²) in [5, 5.41) is 0.572. The molecule has 5 nitrogen and oxygen atoms in total. The van der Waals surface area contributed by atoms with Gasteiger partial charge in [0.05, 0.1) is 16.0 Å². The Labute approximate surface area is 153 Å². The van der Waals surface area contributed by atoms with Crippen LogP contribution in [-0.2, 0) is 10.0 Å². The van der Waals surface area contributed by atoms with Crippen LogP contribution in [0.4, 0.5) is 0 Å². The van der Waals surface area contributed by atoms with Crippen molar-refractivity contribution in [1.82, 2.24) is 0 Å². The van der Waals surface area contributed by atoms with Gasteiger partial charge in [0.15, 0.2) is 4.67 Å². The maximum Gasteiger partial charge on any atom is 0.283 e. The van der Waals surface area contributed by atoms with Gasteiger partial charge in [-0.05, 0) is 60.6 Å². The molecular weight excluding hydrogens is 354 g/mol. The molecule has 0 saturated carbocycles. The van der Waals surface area contributed by atoms with Crippen molar-refractivity contribution in [3.8, 4) is 0 Å². The topological polar surface area (TPSA) is 71.2 Å². The second-order valence-corrected chi connectivity index (χ2v) is 10.6. The first-order chi connectivity index (χ1) is 11.3. The lowest BCUT2D eigenvalue weighted by molar-refractivity contribution is 0.550. The van der Waals surface area contributed by atoms with Gasteiger partial charge >= 0.3 is 0 Å². The van der Waals surface area contributed by atoms with Gasteiger partial charge in [-0.25, -0.2) is 0 Å². The first kappa shape index (κ1) is 19.7. The van der Waals surface area contributed by atoms with Crippen molar-refractivity contribution in [3.63, 3.8) is 0 Å². The molecule has 0 N–H and O–H groups in total. The fourth-order valence-electron chi connectivity index (χ4n) is 1.98. The van der Waals surface area contributed by atoms with Gasteiger partial charge in [0.25, 0.3) is 10.0 Å². The molecule has 0 atom stereocenters. The van der Waals surface area contributed by atoms with Crippen molar-refractivity contribution in [2.24, 2.45) is 14.4 Å². The zero-order valence-corrected chi connectivity index (χ0v) is 17.4. The molecule has 0 spiro atoms. The van der Waals surface area contributed by atoms with Gasteiger partial charge in [0, 0.05) is 0 Å². The molecule has 0 radical (unpaired) electrons. The second-order valence-electron chi connectivity index (χ2n) is 8.01. The van der Waals surface area contributed by atoms with E-state index in [4.69, 9.17) is 0 Å². The molecule has 1 heterocycles. The Bertz CT molecular complexity index is 1020. The lowest BCUT2D eigenvalue weighted by Crippen LogP contribution is -2.48. The predicted molar refractivity (Wildman–Crippen MR) is 101 cm³/mol. The Morgan fingerprint density at radius 1 is 0.840 bits per heavy atom. The number of nitrogens with zero attached hydrogens (tertiary/aromatic N) is 3. The molecule has 7 heteroatoms. The molecule has 2 rings (SSSR count). The van der Waals surface area contributed by atoms with E-state index in [1.54, 1.807) is 24.3 Å². The Hall–Kier alpha value is -1.60. The predicted octanol–water partition coefficient (Wildman–Crippen LogP) is 2.62. The fraction of sp³-hybridized carbons (Fsp3) is 0.500. The van der Waals surface area contributed by atoms with Crippen LogP contribution in [0.25, 0.3) is 0 Å². The highest BCUT2D eigenvalue weighted by atomic mass is 32.2. The third kappa shape index (κ3) is 5.44. The van der Waals surface area contributed by atoms with E-state index in [9.17, 15) is 8.42 Å². The van der Waals surface area contributed by atoms with Crippen LogP contribution in [0.2, 0.25) is 0 Å². The summed E-state index contributed by atoms with van der Waals surface area (Å²) in [5.74, 6) is 0. The normalized spacial score (nSPS) is 16.0. The maximum absolute atomic E-state index is 12.6. The van der Waals surface area contributed by atoms with Gasteiger partial charge in [0.1, 0.15) is 10.0 Å². The Morgan fingerprint density at radius 2 is 1.36 bits per heavy atom. The van der Waals surface area contributed by atoms with Crippen molar-refractivity contribution in [3.05, 3.63) is 44.5 Å². The highest BCUT2D eigenvalue weighted by molar-refractivity contribution is 7.90. The molecule has 136 valence electrons. The van der Waals surface area contributed by atoms with Crippen LogP contribution in [0, 0.1) is 6.92 Å². The summed E-state index contributed by atoms with van der Waals surface area (Å²) in [5.41, 5.74) is 0.394. The summed E-state index contributed by atoms with van der Waals surface area (Å²) in [6.45, 7) is 13.8. The standard InChI is InChI=1S/C18H25N3O2S2/c1-12-8-10-13(11-9-12)25(22,23)21-16-14(19-17(2,3)4)15(24-16)20-18(5,6)7/h8-11H,1-7H3. The van der Waals surface area contributed by atoms with E-state index in [-0.39, 0.29) is 16.0 Å². The molecule has 25 heavy (non-hydrogen) atoms. The molecule has 0 unspecified atom stereocenters. The molecule has 1 aromatic carbocycles. The third-order valence-corrected chi connectivity index (χ3v) is 5.37. The van der Waals surface area contributed by atoms with Gasteiger partial charge in [-0.1, -0.05) is 29.0 Å². The summed E-state index contributed by atoms with van der Waals surface area (Å²) in [6.07, 6.45) is 0. The lowest BCUT2D eigenvalue weighted by Gasteiger charge is -2.14. The van der Waals surface area contributed by atoms with E-state index in [1.807, 2.05) is 48.5 Å². The van der Waals surface area contributed by atoms with Crippen LogP contribution in [0.1, 0.15) is 47.1 Å². The zero-order chi connectivity index (χ0) is 19.0.